The zero-order chi connectivity index (χ0) is 13.8. The summed E-state index contributed by atoms with van der Waals surface area (Å²) in [5.74, 6) is 0.844. The summed E-state index contributed by atoms with van der Waals surface area (Å²) in [5.41, 5.74) is 3.92. The van der Waals surface area contributed by atoms with Crippen molar-refractivity contribution in [3.8, 4) is 28.3 Å². The second-order valence-corrected chi connectivity index (χ2v) is 4.34. The molecule has 3 nitrogen and oxygen atoms in total. The van der Waals surface area contributed by atoms with Gasteiger partial charge in [0.2, 0.25) is 0 Å². The van der Waals surface area contributed by atoms with E-state index >= 15 is 0 Å². The Balaban J connectivity index is 2.10. The van der Waals surface area contributed by atoms with E-state index < -0.39 is 0 Å². The highest BCUT2D eigenvalue weighted by atomic mass is 16.5. The Morgan fingerprint density at radius 1 is 0.800 bits per heavy atom. The van der Waals surface area contributed by atoms with Gasteiger partial charge >= 0.3 is 0 Å². The fourth-order valence-corrected chi connectivity index (χ4v) is 2.12. The van der Waals surface area contributed by atoms with Crippen molar-refractivity contribution in [1.29, 1.82) is 0 Å². The van der Waals surface area contributed by atoms with Gasteiger partial charge in [0.05, 0.1) is 18.5 Å². The van der Waals surface area contributed by atoms with Crippen LogP contribution in [0.2, 0.25) is 0 Å². The van der Waals surface area contributed by atoms with Gasteiger partial charge in [0.25, 0.3) is 0 Å². The number of benzene rings is 1. The Hall–Kier alpha value is -2.68. The summed E-state index contributed by atoms with van der Waals surface area (Å²) >= 11 is 0. The minimum atomic E-state index is 0.844. The van der Waals surface area contributed by atoms with Crippen molar-refractivity contribution in [2.75, 3.05) is 7.11 Å². The first-order valence-corrected chi connectivity index (χ1v) is 6.39. The maximum absolute atomic E-state index is 5.19. The minimum Gasteiger partial charge on any atom is -0.497 e. The number of pyridine rings is 2. The molecule has 0 aliphatic heterocycles. The molecular weight excluding hydrogens is 248 g/mol. The number of ether oxygens (including phenoxy) is 1. The summed E-state index contributed by atoms with van der Waals surface area (Å²) in [4.78, 5) is 8.86. The normalized spacial score (nSPS) is 10.2. The third kappa shape index (κ3) is 2.38. The Morgan fingerprint density at radius 2 is 1.60 bits per heavy atom. The molecule has 0 saturated heterocycles. The lowest BCUT2D eigenvalue weighted by Crippen LogP contribution is -1.91. The van der Waals surface area contributed by atoms with E-state index in [9.17, 15) is 0 Å². The minimum absolute atomic E-state index is 0.844. The van der Waals surface area contributed by atoms with E-state index in [4.69, 9.17) is 4.74 Å². The number of aromatic nitrogens is 2. The lowest BCUT2D eigenvalue weighted by molar-refractivity contribution is 0.415. The number of nitrogens with zero attached hydrogens (tertiary/aromatic N) is 2. The molecule has 2 heterocycles. The molecule has 3 aromatic rings. The smallest absolute Gasteiger partial charge is 0.118 e. The second-order valence-electron chi connectivity index (χ2n) is 4.34. The fourth-order valence-electron chi connectivity index (χ4n) is 2.12. The topological polar surface area (TPSA) is 35.0 Å². The molecule has 1 aromatic carbocycles. The van der Waals surface area contributed by atoms with E-state index in [1.165, 1.54) is 0 Å². The number of hydrogen-bond acceptors (Lipinski definition) is 3. The Labute approximate surface area is 117 Å². The summed E-state index contributed by atoms with van der Waals surface area (Å²) < 4.78 is 5.19. The molecule has 20 heavy (non-hydrogen) atoms. The highest BCUT2D eigenvalue weighted by Gasteiger charge is 2.09. The van der Waals surface area contributed by atoms with Crippen LogP contribution >= 0.6 is 0 Å². The molecule has 0 amide bonds. The molecule has 0 aliphatic carbocycles. The molecule has 3 rings (SSSR count). The highest BCUT2D eigenvalue weighted by Crippen LogP contribution is 2.29. The SMILES string of the molecule is COc1ccc(-c2cccnc2-c2ccccn2)cc1. The van der Waals surface area contributed by atoms with Crippen LogP contribution in [0.3, 0.4) is 0 Å². The summed E-state index contributed by atoms with van der Waals surface area (Å²) in [6.45, 7) is 0. The standard InChI is InChI=1S/C17H14N2O/c1-20-14-9-7-13(8-10-14)15-5-4-12-19-17(15)16-6-2-3-11-18-16/h2-12H,1H3. The molecular formula is C17H14N2O. The van der Waals surface area contributed by atoms with Crippen molar-refractivity contribution in [1.82, 2.24) is 9.97 Å². The second kappa shape index (κ2) is 5.53. The number of hydrogen-bond donors (Lipinski definition) is 0. The van der Waals surface area contributed by atoms with Gasteiger partial charge in [-0.1, -0.05) is 24.3 Å². The molecule has 0 atom stereocenters. The third-order valence-corrected chi connectivity index (χ3v) is 3.12. The van der Waals surface area contributed by atoms with Crippen molar-refractivity contribution in [2.24, 2.45) is 0 Å². The Morgan fingerprint density at radius 3 is 2.30 bits per heavy atom. The summed E-state index contributed by atoms with van der Waals surface area (Å²) in [6, 6.07) is 17.8. The average molecular weight is 262 g/mol. The van der Waals surface area contributed by atoms with Gasteiger partial charge < -0.3 is 4.74 Å². The maximum atomic E-state index is 5.19. The van der Waals surface area contributed by atoms with E-state index in [-0.39, 0.29) is 0 Å². The van der Waals surface area contributed by atoms with Gasteiger partial charge in [0.1, 0.15) is 5.75 Å². The summed E-state index contributed by atoms with van der Waals surface area (Å²) in [5, 5.41) is 0. The van der Waals surface area contributed by atoms with Crippen LogP contribution in [0.15, 0.2) is 67.0 Å². The molecule has 0 aliphatic rings. The summed E-state index contributed by atoms with van der Waals surface area (Å²) in [7, 11) is 1.67. The quantitative estimate of drug-likeness (QED) is 0.719. The number of rotatable bonds is 3. The predicted octanol–water partition coefficient (Wildman–Crippen LogP) is 3.82. The fraction of sp³-hybridized carbons (Fsp3) is 0.0588. The first-order valence-electron chi connectivity index (χ1n) is 6.39. The van der Waals surface area contributed by atoms with Crippen molar-refractivity contribution in [2.45, 2.75) is 0 Å². The molecule has 3 heteroatoms. The van der Waals surface area contributed by atoms with Gasteiger partial charge in [-0.2, -0.15) is 0 Å². The van der Waals surface area contributed by atoms with E-state index in [1.54, 1.807) is 19.5 Å². The van der Waals surface area contributed by atoms with Crippen LogP contribution in [0.25, 0.3) is 22.5 Å². The summed E-state index contributed by atoms with van der Waals surface area (Å²) in [6.07, 6.45) is 3.57. The molecule has 0 radical (unpaired) electrons. The Bertz CT molecular complexity index is 694. The van der Waals surface area contributed by atoms with Crippen LogP contribution < -0.4 is 4.74 Å². The van der Waals surface area contributed by atoms with Crippen molar-refractivity contribution < 1.29 is 4.74 Å². The van der Waals surface area contributed by atoms with E-state index in [1.807, 2.05) is 48.5 Å². The van der Waals surface area contributed by atoms with Crippen LogP contribution in [0, 0.1) is 0 Å². The monoisotopic (exact) mass is 262 g/mol. The molecule has 0 N–H and O–H groups in total. The third-order valence-electron chi connectivity index (χ3n) is 3.12. The molecule has 0 fully saturated rings. The van der Waals surface area contributed by atoms with Gasteiger partial charge in [0.15, 0.2) is 0 Å². The van der Waals surface area contributed by atoms with Gasteiger partial charge in [-0.15, -0.1) is 0 Å². The molecule has 0 spiro atoms. The average Bonchev–Trinajstić information content (AvgIpc) is 2.56. The highest BCUT2D eigenvalue weighted by molar-refractivity contribution is 5.79. The first kappa shape index (κ1) is 12.4. The van der Waals surface area contributed by atoms with Gasteiger partial charge in [0, 0.05) is 18.0 Å². The molecule has 0 bridgehead atoms. The lowest BCUT2D eigenvalue weighted by Gasteiger charge is -2.08. The first-order chi connectivity index (χ1) is 9.88. The molecule has 2 aromatic heterocycles. The van der Waals surface area contributed by atoms with E-state index in [0.29, 0.717) is 0 Å². The van der Waals surface area contributed by atoms with Crippen LogP contribution in [-0.2, 0) is 0 Å². The molecule has 98 valence electrons. The van der Waals surface area contributed by atoms with Crippen molar-refractivity contribution in [3.63, 3.8) is 0 Å². The lowest BCUT2D eigenvalue weighted by atomic mass is 10.0. The molecule has 0 saturated carbocycles. The van der Waals surface area contributed by atoms with E-state index in [0.717, 1.165) is 28.3 Å². The van der Waals surface area contributed by atoms with Crippen molar-refractivity contribution >= 4 is 0 Å². The maximum Gasteiger partial charge on any atom is 0.118 e. The number of methoxy groups -OCH3 is 1. The van der Waals surface area contributed by atoms with Crippen molar-refractivity contribution in [3.05, 3.63) is 67.0 Å². The van der Waals surface area contributed by atoms with Crippen LogP contribution in [-0.4, -0.2) is 17.1 Å². The predicted molar refractivity (Wildman–Crippen MR) is 79.5 cm³/mol. The van der Waals surface area contributed by atoms with Gasteiger partial charge in [-0.25, -0.2) is 0 Å². The molecule has 0 unspecified atom stereocenters. The van der Waals surface area contributed by atoms with Gasteiger partial charge in [-0.05, 0) is 35.9 Å². The van der Waals surface area contributed by atoms with Crippen LogP contribution in [0.1, 0.15) is 0 Å². The Kier molecular flexibility index (Phi) is 3.42. The zero-order valence-electron chi connectivity index (χ0n) is 11.2. The largest absolute Gasteiger partial charge is 0.497 e. The van der Waals surface area contributed by atoms with Gasteiger partial charge in [-0.3, -0.25) is 9.97 Å². The van der Waals surface area contributed by atoms with Crippen LogP contribution in [0.4, 0.5) is 0 Å². The van der Waals surface area contributed by atoms with Crippen LogP contribution in [0.5, 0.6) is 5.75 Å². The van der Waals surface area contributed by atoms with E-state index in [2.05, 4.69) is 16.0 Å². The zero-order valence-corrected chi connectivity index (χ0v) is 11.2.